The van der Waals surface area contributed by atoms with Gasteiger partial charge in [0.25, 0.3) is 5.91 Å². The zero-order valence-corrected chi connectivity index (χ0v) is 12.8. The van der Waals surface area contributed by atoms with Gasteiger partial charge in [0, 0.05) is 10.9 Å². The molecule has 1 saturated carbocycles. The fourth-order valence-corrected chi connectivity index (χ4v) is 3.74. The van der Waals surface area contributed by atoms with Crippen molar-refractivity contribution in [3.63, 3.8) is 0 Å². The van der Waals surface area contributed by atoms with E-state index in [1.165, 1.54) is 11.3 Å². The van der Waals surface area contributed by atoms with E-state index < -0.39 is 0 Å². The number of halogens is 2. The molecule has 1 aliphatic rings. The third-order valence-electron chi connectivity index (χ3n) is 3.10. The van der Waals surface area contributed by atoms with Crippen molar-refractivity contribution >= 4 is 44.8 Å². The van der Waals surface area contributed by atoms with Crippen molar-refractivity contribution in [2.45, 2.75) is 43.5 Å². The molecule has 1 amide bonds. The van der Waals surface area contributed by atoms with E-state index in [1.54, 1.807) is 0 Å². The van der Waals surface area contributed by atoms with Gasteiger partial charge < -0.3 is 5.32 Å². The summed E-state index contributed by atoms with van der Waals surface area (Å²) in [5.41, 5.74) is 0.978. The maximum Gasteiger partial charge on any atom is 0.263 e. The average Bonchev–Trinajstić information content (AvgIpc) is 2.63. The molecule has 0 aliphatic heterocycles. The summed E-state index contributed by atoms with van der Waals surface area (Å²) in [4.78, 5) is 13.3. The molecule has 0 saturated heterocycles. The summed E-state index contributed by atoms with van der Waals surface area (Å²) >= 11 is 11.1. The Labute approximate surface area is 119 Å². The minimum absolute atomic E-state index is 0.0221. The second-order valence-electron chi connectivity index (χ2n) is 4.48. The Kier molecular flexibility index (Phi) is 4.50. The lowest BCUT2D eigenvalue weighted by atomic mass is 9.95. The number of hydrogen-bond donors (Lipinski definition) is 1. The topological polar surface area (TPSA) is 29.1 Å². The van der Waals surface area contributed by atoms with Gasteiger partial charge in [-0.2, -0.15) is 0 Å². The molecule has 0 radical (unpaired) electrons. The minimum Gasteiger partial charge on any atom is -0.349 e. The molecule has 1 aliphatic carbocycles. The van der Waals surface area contributed by atoms with Crippen molar-refractivity contribution in [2.75, 3.05) is 0 Å². The van der Waals surface area contributed by atoms with Crippen LogP contribution in [0.2, 0.25) is 5.02 Å². The first kappa shape index (κ1) is 13.4. The van der Waals surface area contributed by atoms with Crippen molar-refractivity contribution in [1.82, 2.24) is 5.32 Å². The second kappa shape index (κ2) is 5.72. The maximum atomic E-state index is 12.0. The first-order valence-corrected chi connectivity index (χ1v) is 7.93. The fraction of sp³-hybridized carbons (Fsp3) is 0.583. The molecule has 2 nitrogen and oxygen atoms in total. The number of aryl methyl sites for hydroxylation is 1. The molecule has 0 bridgehead atoms. The highest BCUT2D eigenvalue weighted by molar-refractivity contribution is 9.09. The standard InChI is InChI=1S/C12H15BrClNOS/c1-7-6-17-11(10(7)14)12(16)15-9-4-2-8(13)3-5-9/h6,8-9H,2-5H2,1H3,(H,15,16). The quantitative estimate of drug-likeness (QED) is 0.808. The van der Waals surface area contributed by atoms with Gasteiger partial charge in [-0.25, -0.2) is 0 Å². The summed E-state index contributed by atoms with van der Waals surface area (Å²) in [6.45, 7) is 1.92. The second-order valence-corrected chi connectivity index (χ2v) is 7.04. The van der Waals surface area contributed by atoms with Crippen LogP contribution in [0.15, 0.2) is 5.38 Å². The third-order valence-corrected chi connectivity index (χ3v) is 5.71. The number of alkyl halides is 1. The minimum atomic E-state index is -0.0221. The molecule has 0 aromatic carbocycles. The van der Waals surface area contributed by atoms with Crippen molar-refractivity contribution in [3.8, 4) is 0 Å². The lowest BCUT2D eigenvalue weighted by Gasteiger charge is -2.25. The van der Waals surface area contributed by atoms with Crippen molar-refractivity contribution in [1.29, 1.82) is 0 Å². The molecule has 17 heavy (non-hydrogen) atoms. The first-order valence-electron chi connectivity index (χ1n) is 5.76. The monoisotopic (exact) mass is 335 g/mol. The Morgan fingerprint density at radius 2 is 2.12 bits per heavy atom. The van der Waals surface area contributed by atoms with Gasteiger partial charge in [0.2, 0.25) is 0 Å². The molecule has 1 aromatic heterocycles. The largest absolute Gasteiger partial charge is 0.349 e. The number of amides is 1. The number of rotatable bonds is 2. The molecule has 2 rings (SSSR count). The Morgan fingerprint density at radius 3 is 2.65 bits per heavy atom. The van der Waals surface area contributed by atoms with E-state index >= 15 is 0 Å². The number of thiophene rings is 1. The van der Waals surface area contributed by atoms with E-state index in [-0.39, 0.29) is 5.91 Å². The molecular formula is C12H15BrClNOS. The lowest BCUT2D eigenvalue weighted by molar-refractivity contribution is 0.0932. The SMILES string of the molecule is Cc1csc(C(=O)NC2CCC(Br)CC2)c1Cl. The van der Waals surface area contributed by atoms with Crippen molar-refractivity contribution in [2.24, 2.45) is 0 Å². The van der Waals surface area contributed by atoms with Gasteiger partial charge >= 0.3 is 0 Å². The molecule has 1 aromatic rings. The zero-order chi connectivity index (χ0) is 12.4. The number of carbonyl (C=O) groups is 1. The van der Waals surface area contributed by atoms with Crippen LogP contribution in [0.3, 0.4) is 0 Å². The summed E-state index contributed by atoms with van der Waals surface area (Å²) < 4.78 is 0. The smallest absolute Gasteiger partial charge is 0.263 e. The Morgan fingerprint density at radius 1 is 1.47 bits per heavy atom. The number of nitrogens with one attached hydrogen (secondary N) is 1. The highest BCUT2D eigenvalue weighted by atomic mass is 79.9. The summed E-state index contributed by atoms with van der Waals surface area (Å²) in [6, 6.07) is 0.301. The first-order chi connectivity index (χ1) is 8.08. The Balaban J connectivity index is 1.95. The zero-order valence-electron chi connectivity index (χ0n) is 9.63. The predicted molar refractivity (Wildman–Crippen MR) is 76.5 cm³/mol. The van der Waals surface area contributed by atoms with Gasteiger partial charge in [0.15, 0.2) is 0 Å². The molecule has 0 unspecified atom stereocenters. The van der Waals surface area contributed by atoms with Gasteiger partial charge in [-0.3, -0.25) is 4.79 Å². The van der Waals surface area contributed by atoms with Crippen LogP contribution in [0.5, 0.6) is 0 Å². The summed E-state index contributed by atoms with van der Waals surface area (Å²) in [5.74, 6) is -0.0221. The lowest BCUT2D eigenvalue weighted by Crippen LogP contribution is -2.37. The highest BCUT2D eigenvalue weighted by Crippen LogP contribution is 2.28. The normalized spacial score (nSPS) is 24.6. The van der Waals surface area contributed by atoms with Crippen LogP contribution in [0.25, 0.3) is 0 Å². The van der Waals surface area contributed by atoms with Crippen LogP contribution in [0.4, 0.5) is 0 Å². The molecule has 5 heteroatoms. The van der Waals surface area contributed by atoms with Gasteiger partial charge in [0.05, 0.1) is 5.02 Å². The summed E-state index contributed by atoms with van der Waals surface area (Å²) in [7, 11) is 0. The van der Waals surface area contributed by atoms with Crippen LogP contribution in [0, 0.1) is 6.92 Å². The van der Waals surface area contributed by atoms with E-state index in [9.17, 15) is 4.79 Å². The van der Waals surface area contributed by atoms with E-state index in [1.807, 2.05) is 12.3 Å². The van der Waals surface area contributed by atoms with Crippen molar-refractivity contribution in [3.05, 3.63) is 20.8 Å². The van der Waals surface area contributed by atoms with Gasteiger partial charge in [-0.1, -0.05) is 27.5 Å². The third kappa shape index (κ3) is 3.24. The van der Waals surface area contributed by atoms with Crippen molar-refractivity contribution < 1.29 is 4.79 Å². The highest BCUT2D eigenvalue weighted by Gasteiger charge is 2.22. The molecule has 94 valence electrons. The summed E-state index contributed by atoms with van der Waals surface area (Å²) in [6.07, 6.45) is 4.34. The molecule has 0 atom stereocenters. The molecule has 1 fully saturated rings. The molecule has 1 heterocycles. The van der Waals surface area contributed by atoms with Gasteiger partial charge in [-0.15, -0.1) is 11.3 Å². The maximum absolute atomic E-state index is 12.0. The van der Waals surface area contributed by atoms with Crippen LogP contribution < -0.4 is 5.32 Å². The fourth-order valence-electron chi connectivity index (χ4n) is 2.03. The van der Waals surface area contributed by atoms with Crippen LogP contribution in [0.1, 0.15) is 40.9 Å². The van der Waals surface area contributed by atoms with E-state index in [2.05, 4.69) is 21.2 Å². The molecular weight excluding hydrogens is 322 g/mol. The van der Waals surface area contributed by atoms with E-state index in [4.69, 9.17) is 11.6 Å². The number of carbonyl (C=O) groups excluding carboxylic acids is 1. The van der Waals surface area contributed by atoms with Gasteiger partial charge in [0.1, 0.15) is 4.88 Å². The Bertz CT molecular complexity index is 413. The molecule has 0 spiro atoms. The van der Waals surface area contributed by atoms with Gasteiger partial charge in [-0.05, 0) is 43.6 Å². The molecule has 1 N–H and O–H groups in total. The van der Waals surface area contributed by atoms with Crippen LogP contribution >= 0.6 is 38.9 Å². The number of hydrogen-bond acceptors (Lipinski definition) is 2. The summed E-state index contributed by atoms with van der Waals surface area (Å²) in [5, 5.41) is 5.60. The van der Waals surface area contributed by atoms with Crippen LogP contribution in [-0.2, 0) is 0 Å². The predicted octanol–water partition coefficient (Wildman–Crippen LogP) is 4.15. The average molecular weight is 337 g/mol. The van der Waals surface area contributed by atoms with E-state index in [0.29, 0.717) is 20.8 Å². The van der Waals surface area contributed by atoms with E-state index in [0.717, 1.165) is 31.2 Å². The Hall–Kier alpha value is -0.0600. The van der Waals surface area contributed by atoms with Crippen LogP contribution in [-0.4, -0.2) is 16.8 Å².